The molecular formula is C15H19NO4. The molecule has 0 fully saturated rings. The van der Waals surface area contributed by atoms with E-state index < -0.39 is 5.97 Å². The maximum absolute atomic E-state index is 11.9. The third-order valence-corrected chi connectivity index (χ3v) is 2.66. The van der Waals surface area contributed by atoms with Gasteiger partial charge in [-0.05, 0) is 38.1 Å². The first-order chi connectivity index (χ1) is 9.43. The molecule has 1 aromatic rings. The summed E-state index contributed by atoms with van der Waals surface area (Å²) in [5.74, 6) is -0.654. The third kappa shape index (κ3) is 4.76. The van der Waals surface area contributed by atoms with Gasteiger partial charge in [0.25, 0.3) is 5.91 Å². The fourth-order valence-electron chi connectivity index (χ4n) is 1.63. The minimum atomic E-state index is -0.994. The lowest BCUT2D eigenvalue weighted by Gasteiger charge is -2.21. The first kappa shape index (κ1) is 15.8. The summed E-state index contributed by atoms with van der Waals surface area (Å²) in [5.41, 5.74) is 1.09. The molecule has 0 saturated heterocycles. The van der Waals surface area contributed by atoms with E-state index in [-0.39, 0.29) is 18.1 Å². The summed E-state index contributed by atoms with van der Waals surface area (Å²) in [4.78, 5) is 24.3. The molecule has 0 unspecified atom stereocenters. The molecule has 0 radical (unpaired) electrons. The second kappa shape index (κ2) is 7.33. The maximum Gasteiger partial charge on any atom is 0.335 e. The summed E-state index contributed by atoms with van der Waals surface area (Å²) in [6.45, 7) is 8.56. The van der Waals surface area contributed by atoms with E-state index in [1.54, 1.807) is 4.90 Å². The van der Waals surface area contributed by atoms with Crippen molar-refractivity contribution in [1.29, 1.82) is 0 Å². The number of ether oxygens (including phenoxy) is 1. The lowest BCUT2D eigenvalue weighted by molar-refractivity contribution is -0.132. The zero-order chi connectivity index (χ0) is 15.1. The largest absolute Gasteiger partial charge is 0.484 e. The highest BCUT2D eigenvalue weighted by Crippen LogP contribution is 2.12. The molecular weight excluding hydrogens is 258 g/mol. The molecule has 0 saturated carbocycles. The molecule has 0 bridgehead atoms. The van der Waals surface area contributed by atoms with Gasteiger partial charge >= 0.3 is 5.97 Å². The van der Waals surface area contributed by atoms with Crippen LogP contribution in [0.25, 0.3) is 0 Å². The summed E-state index contributed by atoms with van der Waals surface area (Å²) >= 11 is 0. The van der Waals surface area contributed by atoms with Gasteiger partial charge in [-0.1, -0.05) is 12.2 Å². The lowest BCUT2D eigenvalue weighted by atomic mass is 10.2. The highest BCUT2D eigenvalue weighted by Gasteiger charge is 2.12. The predicted molar refractivity (Wildman–Crippen MR) is 76.0 cm³/mol. The Morgan fingerprint density at radius 3 is 2.35 bits per heavy atom. The average Bonchev–Trinajstić information content (AvgIpc) is 2.42. The van der Waals surface area contributed by atoms with Gasteiger partial charge in [0.1, 0.15) is 5.75 Å². The molecule has 0 atom stereocenters. The van der Waals surface area contributed by atoms with Crippen molar-refractivity contribution in [2.24, 2.45) is 0 Å². The zero-order valence-corrected chi connectivity index (χ0v) is 11.8. The van der Waals surface area contributed by atoms with Gasteiger partial charge in [-0.2, -0.15) is 0 Å². The van der Waals surface area contributed by atoms with Gasteiger partial charge in [-0.25, -0.2) is 4.79 Å². The van der Waals surface area contributed by atoms with Gasteiger partial charge < -0.3 is 14.7 Å². The number of hydrogen-bond donors (Lipinski definition) is 1. The molecule has 1 rings (SSSR count). The fraction of sp³-hybridized carbons (Fsp3) is 0.333. The summed E-state index contributed by atoms with van der Waals surface area (Å²) < 4.78 is 5.35. The number of rotatable bonds is 7. The molecule has 0 aliphatic heterocycles. The molecule has 108 valence electrons. The van der Waals surface area contributed by atoms with E-state index in [0.717, 1.165) is 5.57 Å². The second-order valence-corrected chi connectivity index (χ2v) is 4.48. The van der Waals surface area contributed by atoms with Crippen molar-refractivity contribution in [3.8, 4) is 5.75 Å². The monoisotopic (exact) mass is 277 g/mol. The van der Waals surface area contributed by atoms with Crippen molar-refractivity contribution < 1.29 is 19.4 Å². The second-order valence-electron chi connectivity index (χ2n) is 4.48. The van der Waals surface area contributed by atoms with Gasteiger partial charge in [0, 0.05) is 13.1 Å². The van der Waals surface area contributed by atoms with Crippen molar-refractivity contribution in [2.75, 3.05) is 19.7 Å². The van der Waals surface area contributed by atoms with Crippen LogP contribution in [-0.2, 0) is 4.79 Å². The summed E-state index contributed by atoms with van der Waals surface area (Å²) in [6, 6.07) is 5.94. The van der Waals surface area contributed by atoms with E-state index in [9.17, 15) is 9.59 Å². The molecule has 5 heteroatoms. The first-order valence-corrected chi connectivity index (χ1v) is 6.32. The van der Waals surface area contributed by atoms with Crippen LogP contribution in [0.5, 0.6) is 5.75 Å². The van der Waals surface area contributed by atoms with Crippen LogP contribution in [0.1, 0.15) is 24.2 Å². The first-order valence-electron chi connectivity index (χ1n) is 6.32. The highest BCUT2D eigenvalue weighted by atomic mass is 16.5. The van der Waals surface area contributed by atoms with Crippen molar-refractivity contribution in [2.45, 2.75) is 13.8 Å². The Kier molecular flexibility index (Phi) is 5.77. The van der Waals surface area contributed by atoms with E-state index in [2.05, 4.69) is 6.58 Å². The smallest absolute Gasteiger partial charge is 0.335 e. The van der Waals surface area contributed by atoms with Crippen molar-refractivity contribution in [3.05, 3.63) is 42.0 Å². The Hall–Kier alpha value is -2.30. The van der Waals surface area contributed by atoms with Crippen LogP contribution >= 0.6 is 0 Å². The lowest BCUT2D eigenvalue weighted by Crippen LogP contribution is -2.35. The fourth-order valence-corrected chi connectivity index (χ4v) is 1.63. The van der Waals surface area contributed by atoms with Crippen LogP contribution in [0.3, 0.4) is 0 Å². The van der Waals surface area contributed by atoms with E-state index >= 15 is 0 Å². The Morgan fingerprint density at radius 2 is 1.90 bits per heavy atom. The van der Waals surface area contributed by atoms with Crippen molar-refractivity contribution >= 4 is 11.9 Å². The topological polar surface area (TPSA) is 66.8 Å². The third-order valence-electron chi connectivity index (χ3n) is 2.66. The molecule has 1 N–H and O–H groups in total. The Labute approximate surface area is 118 Å². The number of aromatic carboxylic acids is 1. The van der Waals surface area contributed by atoms with E-state index in [4.69, 9.17) is 9.84 Å². The quantitative estimate of drug-likeness (QED) is 0.776. The number of carboxylic acid groups (broad SMARTS) is 1. The number of amides is 1. The number of carboxylic acids is 1. The SMILES string of the molecule is C=C(C)CN(CC)C(=O)COc1ccc(C(=O)O)cc1. The average molecular weight is 277 g/mol. The van der Waals surface area contributed by atoms with Crippen molar-refractivity contribution in [1.82, 2.24) is 4.90 Å². The molecule has 1 aromatic carbocycles. The van der Waals surface area contributed by atoms with E-state index in [1.807, 2.05) is 13.8 Å². The van der Waals surface area contributed by atoms with Gasteiger partial charge in [0.2, 0.25) is 0 Å². The zero-order valence-electron chi connectivity index (χ0n) is 11.8. The number of nitrogens with zero attached hydrogens (tertiary/aromatic N) is 1. The summed E-state index contributed by atoms with van der Waals surface area (Å²) in [7, 11) is 0. The Balaban J connectivity index is 2.55. The minimum Gasteiger partial charge on any atom is -0.484 e. The molecule has 1 amide bonds. The summed E-state index contributed by atoms with van der Waals surface area (Å²) in [5, 5.41) is 8.77. The van der Waals surface area contributed by atoms with Crippen molar-refractivity contribution in [3.63, 3.8) is 0 Å². The van der Waals surface area contributed by atoms with Crippen LogP contribution in [0.4, 0.5) is 0 Å². The molecule has 20 heavy (non-hydrogen) atoms. The highest BCUT2D eigenvalue weighted by molar-refractivity contribution is 5.87. The van der Waals surface area contributed by atoms with E-state index in [1.165, 1.54) is 24.3 Å². The molecule has 0 aliphatic carbocycles. The number of likely N-dealkylation sites (N-methyl/N-ethyl adjacent to an activating group) is 1. The van der Waals surface area contributed by atoms with Gasteiger partial charge in [0.15, 0.2) is 6.61 Å². The van der Waals surface area contributed by atoms with Gasteiger partial charge in [0.05, 0.1) is 5.56 Å². The number of hydrogen-bond acceptors (Lipinski definition) is 3. The maximum atomic E-state index is 11.9. The van der Waals surface area contributed by atoms with Crippen LogP contribution < -0.4 is 4.74 Å². The van der Waals surface area contributed by atoms with E-state index in [0.29, 0.717) is 18.8 Å². The van der Waals surface area contributed by atoms with Crippen LogP contribution in [0.15, 0.2) is 36.4 Å². The Bertz CT molecular complexity index is 493. The predicted octanol–water partition coefficient (Wildman–Crippen LogP) is 2.19. The van der Waals surface area contributed by atoms with Crippen LogP contribution in [0, 0.1) is 0 Å². The van der Waals surface area contributed by atoms with Crippen LogP contribution in [-0.4, -0.2) is 41.6 Å². The standard InChI is InChI=1S/C15H19NO4/c1-4-16(9-11(2)3)14(17)10-20-13-7-5-12(6-8-13)15(18)19/h5-8H,2,4,9-10H2,1,3H3,(H,18,19). The number of carbonyl (C=O) groups excluding carboxylic acids is 1. The van der Waals surface area contributed by atoms with Gasteiger partial charge in [-0.15, -0.1) is 0 Å². The Morgan fingerprint density at radius 1 is 1.30 bits per heavy atom. The normalized spacial score (nSPS) is 9.90. The summed E-state index contributed by atoms with van der Waals surface area (Å²) in [6.07, 6.45) is 0. The molecule has 5 nitrogen and oxygen atoms in total. The van der Waals surface area contributed by atoms with Gasteiger partial charge in [-0.3, -0.25) is 4.79 Å². The molecule has 0 heterocycles. The molecule has 0 aromatic heterocycles. The van der Waals surface area contributed by atoms with Crippen LogP contribution in [0.2, 0.25) is 0 Å². The minimum absolute atomic E-state index is 0.0759. The number of carbonyl (C=O) groups is 2. The molecule has 0 spiro atoms. The molecule has 0 aliphatic rings. The number of benzene rings is 1.